The number of hydrogen-bond acceptors (Lipinski definition) is 3. The fourth-order valence-electron chi connectivity index (χ4n) is 2.38. The van der Waals surface area contributed by atoms with Gasteiger partial charge in [0.1, 0.15) is 0 Å². The van der Waals surface area contributed by atoms with Crippen molar-refractivity contribution in [2.24, 2.45) is 0 Å². The molecule has 0 saturated carbocycles. The van der Waals surface area contributed by atoms with E-state index in [0.29, 0.717) is 12.1 Å². The second-order valence-corrected chi connectivity index (χ2v) is 7.66. The summed E-state index contributed by atoms with van der Waals surface area (Å²) in [5, 5.41) is 2.83. The van der Waals surface area contributed by atoms with Gasteiger partial charge in [-0.3, -0.25) is 0 Å². The molecule has 0 spiro atoms. The van der Waals surface area contributed by atoms with E-state index in [0.717, 1.165) is 11.1 Å². The first-order valence-electron chi connectivity index (χ1n) is 7.92. The van der Waals surface area contributed by atoms with Gasteiger partial charge in [-0.05, 0) is 23.7 Å². The number of rotatable bonds is 7. The van der Waals surface area contributed by atoms with Crippen molar-refractivity contribution >= 4 is 16.1 Å². The molecule has 0 aliphatic rings. The molecule has 0 heterocycles. The Morgan fingerprint density at radius 1 is 1.00 bits per heavy atom. The van der Waals surface area contributed by atoms with E-state index >= 15 is 0 Å². The van der Waals surface area contributed by atoms with Crippen LogP contribution in [0.25, 0.3) is 0 Å². The maximum absolute atomic E-state index is 12.3. The van der Waals surface area contributed by atoms with Crippen LogP contribution in [-0.2, 0) is 28.9 Å². The van der Waals surface area contributed by atoms with E-state index in [1.165, 1.54) is 7.05 Å². The second-order valence-electron chi connectivity index (χ2n) is 5.73. The van der Waals surface area contributed by atoms with E-state index in [2.05, 4.69) is 10.0 Å². The molecule has 2 aromatic rings. The Kier molecular flexibility index (Phi) is 6.55. The normalized spacial score (nSPS) is 11.1. The highest BCUT2D eigenvalue weighted by atomic mass is 32.2. The van der Waals surface area contributed by atoms with E-state index in [4.69, 9.17) is 0 Å². The fraction of sp³-hybridized carbons (Fsp3) is 0.278. The molecule has 7 heteroatoms. The third kappa shape index (κ3) is 5.88. The lowest BCUT2D eigenvalue weighted by molar-refractivity contribution is 0.206. The summed E-state index contributed by atoms with van der Waals surface area (Å²) in [7, 11) is -0.255. The predicted octanol–water partition coefficient (Wildman–Crippen LogP) is 2.08. The maximum Gasteiger partial charge on any atom is 0.317 e. The first-order chi connectivity index (χ1) is 11.9. The van der Waals surface area contributed by atoms with Crippen LogP contribution >= 0.6 is 0 Å². The van der Waals surface area contributed by atoms with Crippen molar-refractivity contribution in [3.63, 3.8) is 0 Å². The van der Waals surface area contributed by atoms with E-state index in [-0.39, 0.29) is 18.3 Å². The summed E-state index contributed by atoms with van der Waals surface area (Å²) in [6.45, 7) is 0.774. The third-order valence-electron chi connectivity index (χ3n) is 3.81. The summed E-state index contributed by atoms with van der Waals surface area (Å²) in [6, 6.07) is 16.7. The summed E-state index contributed by atoms with van der Waals surface area (Å²) in [4.78, 5) is 13.8. The number of nitrogens with one attached hydrogen (secondary N) is 2. The molecule has 0 aliphatic heterocycles. The van der Waals surface area contributed by atoms with Crippen molar-refractivity contribution in [3.05, 3.63) is 71.3 Å². The molecule has 2 rings (SSSR count). The molecule has 2 N–H and O–H groups in total. The van der Waals surface area contributed by atoms with Crippen LogP contribution in [0.3, 0.4) is 0 Å². The van der Waals surface area contributed by atoms with Crippen LogP contribution in [0, 0.1) is 0 Å². The second kappa shape index (κ2) is 8.64. The van der Waals surface area contributed by atoms with Crippen LogP contribution in [0.2, 0.25) is 0 Å². The Bertz CT molecular complexity index is 807. The number of carbonyl (C=O) groups is 1. The lowest BCUT2D eigenvalue weighted by Gasteiger charge is -2.19. The Hall–Kier alpha value is -2.38. The zero-order valence-corrected chi connectivity index (χ0v) is 15.2. The lowest BCUT2D eigenvalue weighted by atomic mass is 10.1. The molecule has 0 fully saturated rings. The number of nitrogens with zero attached hydrogens (tertiary/aromatic N) is 1. The molecule has 0 saturated heterocycles. The minimum atomic E-state index is -3.36. The van der Waals surface area contributed by atoms with Crippen molar-refractivity contribution in [1.29, 1.82) is 0 Å². The van der Waals surface area contributed by atoms with Gasteiger partial charge in [0.2, 0.25) is 10.0 Å². The highest BCUT2D eigenvalue weighted by molar-refractivity contribution is 7.88. The summed E-state index contributed by atoms with van der Waals surface area (Å²) in [6.07, 6.45) is 0. The standard InChI is InChI=1S/C18H23N3O3S/c1-19-25(23,24)14-17-11-7-6-10-16(17)12-20-18(22)21(2)13-15-8-4-3-5-9-15/h3-11,19H,12-14H2,1-2H3,(H,20,22). The van der Waals surface area contributed by atoms with Gasteiger partial charge < -0.3 is 10.2 Å². The topological polar surface area (TPSA) is 78.5 Å². The highest BCUT2D eigenvalue weighted by Crippen LogP contribution is 2.12. The largest absolute Gasteiger partial charge is 0.334 e. The van der Waals surface area contributed by atoms with Gasteiger partial charge >= 0.3 is 6.03 Å². The molecule has 0 radical (unpaired) electrons. The van der Waals surface area contributed by atoms with Gasteiger partial charge in [0.05, 0.1) is 5.75 Å². The lowest BCUT2D eigenvalue weighted by Crippen LogP contribution is -2.36. The molecule has 25 heavy (non-hydrogen) atoms. The molecule has 0 bridgehead atoms. The number of urea groups is 1. The number of hydrogen-bond donors (Lipinski definition) is 2. The van der Waals surface area contributed by atoms with Crippen LogP contribution in [0.4, 0.5) is 4.79 Å². The summed E-state index contributed by atoms with van der Waals surface area (Å²) in [5.74, 6) is -0.116. The first-order valence-corrected chi connectivity index (χ1v) is 9.57. The summed E-state index contributed by atoms with van der Waals surface area (Å²) < 4.78 is 25.8. The Morgan fingerprint density at radius 2 is 1.60 bits per heavy atom. The molecular weight excluding hydrogens is 338 g/mol. The quantitative estimate of drug-likeness (QED) is 0.792. The Labute approximate surface area is 148 Å². The Morgan fingerprint density at radius 3 is 2.24 bits per heavy atom. The van der Waals surface area contributed by atoms with Gasteiger partial charge in [0.25, 0.3) is 0 Å². The predicted molar refractivity (Wildman–Crippen MR) is 98.3 cm³/mol. The van der Waals surface area contributed by atoms with Gasteiger partial charge in [-0.2, -0.15) is 0 Å². The van der Waals surface area contributed by atoms with Gasteiger partial charge in [-0.1, -0.05) is 54.6 Å². The fourth-order valence-corrected chi connectivity index (χ4v) is 3.22. The van der Waals surface area contributed by atoms with E-state index in [1.54, 1.807) is 24.1 Å². The van der Waals surface area contributed by atoms with Crippen molar-refractivity contribution < 1.29 is 13.2 Å². The van der Waals surface area contributed by atoms with Gasteiger partial charge in [-0.25, -0.2) is 17.9 Å². The molecule has 2 aromatic carbocycles. The molecule has 0 aliphatic carbocycles. The summed E-state index contributed by atoms with van der Waals surface area (Å²) in [5.41, 5.74) is 2.49. The maximum atomic E-state index is 12.3. The molecule has 6 nitrogen and oxygen atoms in total. The van der Waals surface area contributed by atoms with E-state index < -0.39 is 10.0 Å². The molecule has 2 amide bonds. The van der Waals surface area contributed by atoms with Gasteiger partial charge in [0.15, 0.2) is 0 Å². The number of amides is 2. The molecule has 0 unspecified atom stereocenters. The van der Waals surface area contributed by atoms with Crippen LogP contribution in [0.15, 0.2) is 54.6 Å². The van der Waals surface area contributed by atoms with Crippen molar-refractivity contribution in [1.82, 2.24) is 14.9 Å². The van der Waals surface area contributed by atoms with Crippen LogP contribution in [-0.4, -0.2) is 33.4 Å². The molecule has 134 valence electrons. The van der Waals surface area contributed by atoms with Gasteiger partial charge in [0, 0.05) is 20.1 Å². The first kappa shape index (κ1) is 19.0. The zero-order chi connectivity index (χ0) is 18.3. The van der Waals surface area contributed by atoms with E-state index in [9.17, 15) is 13.2 Å². The van der Waals surface area contributed by atoms with Crippen molar-refractivity contribution in [3.8, 4) is 0 Å². The average Bonchev–Trinajstić information content (AvgIpc) is 2.61. The summed E-state index contributed by atoms with van der Waals surface area (Å²) >= 11 is 0. The molecule has 0 aromatic heterocycles. The SMILES string of the molecule is CNS(=O)(=O)Cc1ccccc1CNC(=O)N(C)Cc1ccccc1. The number of benzene rings is 2. The third-order valence-corrected chi connectivity index (χ3v) is 5.13. The Balaban J connectivity index is 1.97. The van der Waals surface area contributed by atoms with Crippen molar-refractivity contribution in [2.75, 3.05) is 14.1 Å². The van der Waals surface area contributed by atoms with Crippen LogP contribution in [0.1, 0.15) is 16.7 Å². The molecular formula is C18H23N3O3S. The number of sulfonamides is 1. The highest BCUT2D eigenvalue weighted by Gasteiger charge is 2.13. The van der Waals surface area contributed by atoms with Gasteiger partial charge in [-0.15, -0.1) is 0 Å². The number of carbonyl (C=O) groups excluding carboxylic acids is 1. The minimum Gasteiger partial charge on any atom is -0.334 e. The minimum absolute atomic E-state index is 0.116. The van der Waals surface area contributed by atoms with Crippen LogP contribution < -0.4 is 10.0 Å². The monoisotopic (exact) mass is 361 g/mol. The van der Waals surface area contributed by atoms with Crippen LogP contribution in [0.5, 0.6) is 0 Å². The zero-order valence-electron chi connectivity index (χ0n) is 14.4. The molecule has 0 atom stereocenters. The average molecular weight is 361 g/mol. The van der Waals surface area contributed by atoms with E-state index in [1.807, 2.05) is 42.5 Å². The smallest absolute Gasteiger partial charge is 0.317 e. The van der Waals surface area contributed by atoms with Crippen molar-refractivity contribution in [2.45, 2.75) is 18.8 Å².